The van der Waals surface area contributed by atoms with Crippen molar-refractivity contribution in [1.29, 1.82) is 0 Å². The molecule has 4 heteroatoms. The third-order valence-corrected chi connectivity index (χ3v) is 2.82. The van der Waals surface area contributed by atoms with Crippen LogP contribution in [0, 0.1) is 11.8 Å². The van der Waals surface area contributed by atoms with Crippen LogP contribution < -0.4 is 5.73 Å². The molecular formula is C16H22N2O2. The molecule has 0 heterocycles. The fourth-order valence-electron chi connectivity index (χ4n) is 1.79. The molecule has 4 nitrogen and oxygen atoms in total. The van der Waals surface area contributed by atoms with Crippen molar-refractivity contribution < 1.29 is 9.53 Å². The Morgan fingerprint density at radius 2 is 2.20 bits per heavy atom. The van der Waals surface area contributed by atoms with E-state index in [2.05, 4.69) is 11.8 Å². The first-order valence-electron chi connectivity index (χ1n) is 6.88. The number of nitrogens with zero attached hydrogens (tertiary/aromatic N) is 1. The molecule has 0 aliphatic rings. The van der Waals surface area contributed by atoms with E-state index in [-0.39, 0.29) is 5.91 Å². The second-order valence-electron chi connectivity index (χ2n) is 4.17. The quantitative estimate of drug-likeness (QED) is 0.632. The minimum Gasteiger partial charge on any atom is -0.380 e. The van der Waals surface area contributed by atoms with Gasteiger partial charge in [0, 0.05) is 30.8 Å². The summed E-state index contributed by atoms with van der Waals surface area (Å²) in [5.74, 6) is 5.73. The van der Waals surface area contributed by atoms with Crippen molar-refractivity contribution in [2.75, 3.05) is 32.8 Å². The molecule has 0 saturated heterocycles. The SMILES string of the molecule is CCOCCN(CC)C(=O)c1cccc(C#CCN)c1. The number of benzene rings is 1. The van der Waals surface area contributed by atoms with Gasteiger partial charge in [0.05, 0.1) is 13.2 Å². The van der Waals surface area contributed by atoms with Crippen molar-refractivity contribution in [3.63, 3.8) is 0 Å². The van der Waals surface area contributed by atoms with Gasteiger partial charge in [-0.05, 0) is 32.0 Å². The van der Waals surface area contributed by atoms with Gasteiger partial charge in [-0.1, -0.05) is 17.9 Å². The highest BCUT2D eigenvalue weighted by atomic mass is 16.5. The van der Waals surface area contributed by atoms with Crippen molar-refractivity contribution in [3.8, 4) is 11.8 Å². The smallest absolute Gasteiger partial charge is 0.253 e. The fraction of sp³-hybridized carbons (Fsp3) is 0.438. The normalized spacial score (nSPS) is 9.75. The van der Waals surface area contributed by atoms with Gasteiger partial charge in [0.1, 0.15) is 0 Å². The third-order valence-electron chi connectivity index (χ3n) is 2.82. The zero-order chi connectivity index (χ0) is 14.8. The average molecular weight is 274 g/mol. The number of amides is 1. The van der Waals surface area contributed by atoms with Gasteiger partial charge in [0.25, 0.3) is 5.91 Å². The largest absolute Gasteiger partial charge is 0.380 e. The molecule has 20 heavy (non-hydrogen) atoms. The van der Waals surface area contributed by atoms with Crippen molar-refractivity contribution in [1.82, 2.24) is 4.90 Å². The molecule has 0 saturated carbocycles. The molecule has 0 aromatic heterocycles. The van der Waals surface area contributed by atoms with Crippen LogP contribution in [0.25, 0.3) is 0 Å². The van der Waals surface area contributed by atoms with Gasteiger partial charge in [-0.3, -0.25) is 4.79 Å². The summed E-state index contributed by atoms with van der Waals surface area (Å²) in [5.41, 5.74) is 6.80. The molecule has 0 unspecified atom stereocenters. The number of carbonyl (C=O) groups is 1. The van der Waals surface area contributed by atoms with E-state index in [4.69, 9.17) is 10.5 Å². The van der Waals surface area contributed by atoms with E-state index in [9.17, 15) is 4.79 Å². The second-order valence-corrected chi connectivity index (χ2v) is 4.17. The van der Waals surface area contributed by atoms with Crippen LogP contribution in [-0.4, -0.2) is 43.7 Å². The fourth-order valence-corrected chi connectivity index (χ4v) is 1.79. The standard InChI is InChI=1S/C16H22N2O2/c1-3-18(11-12-20-4-2)16(19)15-9-5-7-14(13-15)8-6-10-17/h5,7,9,13H,3-4,10-12,17H2,1-2H3. The molecule has 108 valence electrons. The summed E-state index contributed by atoms with van der Waals surface area (Å²) in [6.07, 6.45) is 0. The van der Waals surface area contributed by atoms with E-state index >= 15 is 0 Å². The van der Waals surface area contributed by atoms with Crippen LogP contribution in [-0.2, 0) is 4.74 Å². The van der Waals surface area contributed by atoms with Crippen molar-refractivity contribution in [3.05, 3.63) is 35.4 Å². The van der Waals surface area contributed by atoms with Gasteiger partial charge in [-0.15, -0.1) is 0 Å². The Morgan fingerprint density at radius 3 is 2.85 bits per heavy atom. The molecule has 1 amide bonds. The Morgan fingerprint density at radius 1 is 1.40 bits per heavy atom. The zero-order valence-electron chi connectivity index (χ0n) is 12.2. The van der Waals surface area contributed by atoms with E-state index in [1.807, 2.05) is 26.0 Å². The van der Waals surface area contributed by atoms with Gasteiger partial charge < -0.3 is 15.4 Å². The second kappa shape index (κ2) is 9.13. The highest BCUT2D eigenvalue weighted by Crippen LogP contribution is 2.08. The Balaban J connectivity index is 2.78. The first-order chi connectivity index (χ1) is 9.72. The Bertz CT molecular complexity index is 489. The molecule has 0 fully saturated rings. The van der Waals surface area contributed by atoms with Crippen LogP contribution in [0.3, 0.4) is 0 Å². The first kappa shape index (κ1) is 16.2. The maximum absolute atomic E-state index is 12.4. The van der Waals surface area contributed by atoms with E-state index in [1.54, 1.807) is 17.0 Å². The number of ether oxygens (including phenoxy) is 1. The Kier molecular flexibility index (Phi) is 7.41. The number of carbonyl (C=O) groups excluding carboxylic acids is 1. The Labute approximate surface area is 120 Å². The summed E-state index contributed by atoms with van der Waals surface area (Å²) in [6.45, 7) is 6.69. The maximum atomic E-state index is 12.4. The molecular weight excluding hydrogens is 252 g/mol. The van der Waals surface area contributed by atoms with Gasteiger partial charge in [0.15, 0.2) is 0 Å². The minimum absolute atomic E-state index is 0.00333. The van der Waals surface area contributed by atoms with Crippen LogP contribution in [0.1, 0.15) is 29.8 Å². The van der Waals surface area contributed by atoms with Crippen LogP contribution in [0.5, 0.6) is 0 Å². The molecule has 1 aromatic carbocycles. The first-order valence-corrected chi connectivity index (χ1v) is 6.88. The number of likely N-dealkylation sites (N-methyl/N-ethyl adjacent to an activating group) is 1. The van der Waals surface area contributed by atoms with E-state index in [0.29, 0.717) is 38.4 Å². The van der Waals surface area contributed by atoms with Gasteiger partial charge in [-0.2, -0.15) is 0 Å². The predicted octanol–water partition coefficient (Wildman–Crippen LogP) is 1.50. The van der Waals surface area contributed by atoms with E-state index < -0.39 is 0 Å². The number of hydrogen-bond donors (Lipinski definition) is 1. The van der Waals surface area contributed by atoms with Crippen molar-refractivity contribution >= 4 is 5.91 Å². The molecule has 0 bridgehead atoms. The highest BCUT2D eigenvalue weighted by molar-refractivity contribution is 5.94. The van der Waals surface area contributed by atoms with Crippen molar-refractivity contribution in [2.24, 2.45) is 5.73 Å². The topological polar surface area (TPSA) is 55.6 Å². The molecule has 1 aromatic rings. The van der Waals surface area contributed by atoms with Crippen molar-refractivity contribution in [2.45, 2.75) is 13.8 Å². The lowest BCUT2D eigenvalue weighted by Gasteiger charge is -2.20. The minimum atomic E-state index is 0.00333. The third kappa shape index (κ3) is 5.04. The summed E-state index contributed by atoms with van der Waals surface area (Å²) in [4.78, 5) is 14.2. The van der Waals surface area contributed by atoms with Crippen LogP contribution in [0.15, 0.2) is 24.3 Å². The number of rotatable bonds is 6. The summed E-state index contributed by atoms with van der Waals surface area (Å²) < 4.78 is 5.30. The van der Waals surface area contributed by atoms with Crippen LogP contribution >= 0.6 is 0 Å². The summed E-state index contributed by atoms with van der Waals surface area (Å²) in [6, 6.07) is 7.31. The molecule has 2 N–H and O–H groups in total. The lowest BCUT2D eigenvalue weighted by Crippen LogP contribution is -2.33. The summed E-state index contributed by atoms with van der Waals surface area (Å²) >= 11 is 0. The van der Waals surface area contributed by atoms with Crippen LogP contribution in [0.2, 0.25) is 0 Å². The molecule has 0 radical (unpaired) electrons. The molecule has 0 aliphatic heterocycles. The highest BCUT2D eigenvalue weighted by Gasteiger charge is 2.13. The summed E-state index contributed by atoms with van der Waals surface area (Å²) in [5, 5.41) is 0. The zero-order valence-corrected chi connectivity index (χ0v) is 12.2. The predicted molar refractivity (Wildman–Crippen MR) is 80.4 cm³/mol. The van der Waals surface area contributed by atoms with E-state index in [0.717, 1.165) is 5.56 Å². The maximum Gasteiger partial charge on any atom is 0.253 e. The number of hydrogen-bond acceptors (Lipinski definition) is 3. The summed E-state index contributed by atoms with van der Waals surface area (Å²) in [7, 11) is 0. The van der Waals surface area contributed by atoms with Gasteiger partial charge in [0.2, 0.25) is 0 Å². The molecule has 0 aliphatic carbocycles. The van der Waals surface area contributed by atoms with Gasteiger partial charge >= 0.3 is 0 Å². The average Bonchev–Trinajstić information content (AvgIpc) is 2.49. The molecule has 1 rings (SSSR count). The lowest BCUT2D eigenvalue weighted by molar-refractivity contribution is 0.0669. The lowest BCUT2D eigenvalue weighted by atomic mass is 10.1. The van der Waals surface area contributed by atoms with Crippen LogP contribution in [0.4, 0.5) is 0 Å². The Hall–Kier alpha value is -1.83. The monoisotopic (exact) mass is 274 g/mol. The molecule has 0 atom stereocenters. The van der Waals surface area contributed by atoms with E-state index in [1.165, 1.54) is 0 Å². The van der Waals surface area contributed by atoms with Gasteiger partial charge in [-0.25, -0.2) is 0 Å². The number of nitrogens with two attached hydrogens (primary N) is 1. The molecule has 0 spiro atoms.